The maximum Gasteiger partial charge on any atom is 0.255 e. The van der Waals surface area contributed by atoms with Crippen LogP contribution in [0.5, 0.6) is 5.75 Å². The number of amides is 1. The molecule has 3 N–H and O–H groups in total. The number of hydrogen-bond acceptors (Lipinski definition) is 4. The van der Waals surface area contributed by atoms with Crippen LogP contribution in [-0.2, 0) is 0 Å². The largest absolute Gasteiger partial charge is 0.491 e. The van der Waals surface area contributed by atoms with E-state index >= 15 is 0 Å². The molecule has 22 heavy (non-hydrogen) atoms. The number of carbonyl (C=O) groups excluding carboxylic acids is 1. The molecule has 0 saturated heterocycles. The van der Waals surface area contributed by atoms with E-state index in [9.17, 15) is 14.3 Å². The van der Waals surface area contributed by atoms with Crippen LogP contribution in [0.2, 0.25) is 0 Å². The Labute approximate surface area is 127 Å². The van der Waals surface area contributed by atoms with E-state index in [2.05, 4.69) is 15.5 Å². The minimum atomic E-state index is -0.874. The topological polar surface area (TPSA) is 87.2 Å². The number of rotatable bonds is 6. The minimum Gasteiger partial charge on any atom is -0.491 e. The molecule has 1 atom stereocenters. The molecule has 1 aromatic heterocycles. The summed E-state index contributed by atoms with van der Waals surface area (Å²) in [7, 11) is 0. The Bertz CT molecular complexity index is 620. The summed E-state index contributed by atoms with van der Waals surface area (Å²) < 4.78 is 18.0. The highest BCUT2D eigenvalue weighted by molar-refractivity contribution is 5.96. The molecule has 0 bridgehead atoms. The van der Waals surface area contributed by atoms with Crippen molar-refractivity contribution in [2.24, 2.45) is 0 Å². The molecule has 0 fully saturated rings. The van der Waals surface area contributed by atoms with Crippen LogP contribution in [0.1, 0.15) is 21.7 Å². The van der Waals surface area contributed by atoms with Crippen molar-refractivity contribution in [2.75, 3.05) is 13.2 Å². The van der Waals surface area contributed by atoms with Crippen molar-refractivity contribution in [1.29, 1.82) is 0 Å². The van der Waals surface area contributed by atoms with Gasteiger partial charge in [0, 0.05) is 12.2 Å². The second-order valence-electron chi connectivity index (χ2n) is 4.94. The fourth-order valence-electron chi connectivity index (χ4n) is 1.97. The Balaban J connectivity index is 1.79. The van der Waals surface area contributed by atoms with Gasteiger partial charge in [0.15, 0.2) is 0 Å². The van der Waals surface area contributed by atoms with Gasteiger partial charge < -0.3 is 15.2 Å². The number of aliphatic hydroxyl groups is 1. The molecular weight excluding hydrogens is 289 g/mol. The molecule has 1 amide bonds. The van der Waals surface area contributed by atoms with Crippen molar-refractivity contribution < 1.29 is 19.0 Å². The highest BCUT2D eigenvalue weighted by Crippen LogP contribution is 2.11. The first-order chi connectivity index (χ1) is 10.5. The number of nitrogens with zero attached hydrogens (tertiary/aromatic N) is 1. The van der Waals surface area contributed by atoms with Gasteiger partial charge in [-0.15, -0.1) is 0 Å². The second-order valence-corrected chi connectivity index (χ2v) is 4.94. The molecule has 118 valence electrons. The molecule has 1 unspecified atom stereocenters. The number of nitrogens with one attached hydrogen (secondary N) is 2. The lowest BCUT2D eigenvalue weighted by Gasteiger charge is -2.13. The standard InChI is InChI=1S/C15H18FN3O3/c1-9-14(10(2)19-18-9)15(21)17-7-12(20)8-22-13-5-3-11(16)4-6-13/h3-6,12,20H,7-8H2,1-2H3,(H,17,21)(H,18,19). The van der Waals surface area contributed by atoms with Crippen LogP contribution in [0.3, 0.4) is 0 Å². The van der Waals surface area contributed by atoms with Crippen molar-refractivity contribution in [3.05, 3.63) is 47.0 Å². The molecule has 0 aliphatic rings. The predicted molar refractivity (Wildman–Crippen MR) is 78.3 cm³/mol. The molecule has 2 rings (SSSR count). The predicted octanol–water partition coefficient (Wildman–Crippen LogP) is 1.34. The first-order valence-corrected chi connectivity index (χ1v) is 6.83. The molecule has 6 nitrogen and oxygen atoms in total. The quantitative estimate of drug-likeness (QED) is 0.751. The van der Waals surface area contributed by atoms with E-state index in [4.69, 9.17) is 4.74 Å². The number of aromatic nitrogens is 2. The average Bonchev–Trinajstić information content (AvgIpc) is 2.83. The van der Waals surface area contributed by atoms with Gasteiger partial charge in [-0.2, -0.15) is 5.10 Å². The van der Waals surface area contributed by atoms with Crippen molar-refractivity contribution in [2.45, 2.75) is 20.0 Å². The normalized spacial score (nSPS) is 12.0. The van der Waals surface area contributed by atoms with Gasteiger partial charge in [-0.3, -0.25) is 9.89 Å². The summed E-state index contributed by atoms with van der Waals surface area (Å²) in [5, 5.41) is 19.1. The number of hydrogen-bond donors (Lipinski definition) is 3. The molecule has 0 saturated carbocycles. The van der Waals surface area contributed by atoms with E-state index in [0.29, 0.717) is 22.7 Å². The van der Waals surface area contributed by atoms with E-state index in [1.165, 1.54) is 24.3 Å². The Morgan fingerprint density at radius 2 is 2.09 bits per heavy atom. The zero-order valence-electron chi connectivity index (χ0n) is 12.4. The van der Waals surface area contributed by atoms with Crippen LogP contribution < -0.4 is 10.1 Å². The molecule has 0 aliphatic heterocycles. The average molecular weight is 307 g/mol. The molecule has 1 heterocycles. The first-order valence-electron chi connectivity index (χ1n) is 6.83. The molecule has 7 heteroatoms. The minimum absolute atomic E-state index is 0.00470. The highest BCUT2D eigenvalue weighted by atomic mass is 19.1. The summed E-state index contributed by atoms with van der Waals surface area (Å²) in [6.07, 6.45) is -0.874. The summed E-state index contributed by atoms with van der Waals surface area (Å²) >= 11 is 0. The van der Waals surface area contributed by atoms with Crippen LogP contribution in [0.15, 0.2) is 24.3 Å². The number of aryl methyl sites for hydroxylation is 2. The molecular formula is C15H18FN3O3. The third kappa shape index (κ3) is 4.05. The Hall–Kier alpha value is -2.41. The summed E-state index contributed by atoms with van der Waals surface area (Å²) in [6.45, 7) is 3.52. The van der Waals surface area contributed by atoms with Gasteiger partial charge in [-0.05, 0) is 38.1 Å². The fourth-order valence-corrected chi connectivity index (χ4v) is 1.97. The molecule has 0 spiro atoms. The number of aromatic amines is 1. The van der Waals surface area contributed by atoms with Crippen LogP contribution >= 0.6 is 0 Å². The van der Waals surface area contributed by atoms with Gasteiger partial charge in [0.1, 0.15) is 24.3 Å². The van der Waals surface area contributed by atoms with E-state index in [-0.39, 0.29) is 24.9 Å². The summed E-state index contributed by atoms with van der Waals surface area (Å²) in [4.78, 5) is 12.0. The zero-order chi connectivity index (χ0) is 16.1. The Morgan fingerprint density at radius 3 is 2.68 bits per heavy atom. The third-order valence-electron chi connectivity index (χ3n) is 3.11. The number of halogens is 1. The summed E-state index contributed by atoms with van der Waals surface area (Å²) in [6, 6.07) is 5.49. The van der Waals surface area contributed by atoms with E-state index in [0.717, 1.165) is 0 Å². The smallest absolute Gasteiger partial charge is 0.255 e. The maximum atomic E-state index is 12.7. The van der Waals surface area contributed by atoms with E-state index in [1.807, 2.05) is 0 Å². The SMILES string of the molecule is Cc1n[nH]c(C)c1C(=O)NCC(O)COc1ccc(F)cc1. The highest BCUT2D eigenvalue weighted by Gasteiger charge is 2.16. The molecule has 0 aliphatic carbocycles. The van der Waals surface area contributed by atoms with Crippen LogP contribution in [0.4, 0.5) is 4.39 Å². The number of ether oxygens (including phenoxy) is 1. The fraction of sp³-hybridized carbons (Fsp3) is 0.333. The maximum absolute atomic E-state index is 12.7. The van der Waals surface area contributed by atoms with Crippen LogP contribution in [0.25, 0.3) is 0 Å². The van der Waals surface area contributed by atoms with Crippen molar-refractivity contribution in [3.63, 3.8) is 0 Å². The number of aliphatic hydroxyl groups excluding tert-OH is 1. The van der Waals surface area contributed by atoms with Crippen molar-refractivity contribution in [1.82, 2.24) is 15.5 Å². The summed E-state index contributed by atoms with van der Waals surface area (Å²) in [5.41, 5.74) is 1.76. The van der Waals surface area contributed by atoms with Crippen LogP contribution in [-0.4, -0.2) is 40.5 Å². The molecule has 1 aromatic carbocycles. The molecule has 2 aromatic rings. The van der Waals surface area contributed by atoms with Gasteiger partial charge in [0.2, 0.25) is 0 Å². The first kappa shape index (κ1) is 16.0. The van der Waals surface area contributed by atoms with Gasteiger partial charge in [-0.1, -0.05) is 0 Å². The lowest BCUT2D eigenvalue weighted by molar-refractivity contribution is 0.0842. The van der Waals surface area contributed by atoms with Gasteiger partial charge in [-0.25, -0.2) is 4.39 Å². The van der Waals surface area contributed by atoms with Crippen LogP contribution in [0, 0.1) is 19.7 Å². The Morgan fingerprint density at radius 1 is 1.41 bits per heavy atom. The number of benzene rings is 1. The van der Waals surface area contributed by atoms with Gasteiger partial charge in [0.05, 0.1) is 11.3 Å². The lowest BCUT2D eigenvalue weighted by atomic mass is 10.2. The third-order valence-corrected chi connectivity index (χ3v) is 3.11. The van der Waals surface area contributed by atoms with E-state index in [1.54, 1.807) is 13.8 Å². The van der Waals surface area contributed by atoms with E-state index < -0.39 is 6.10 Å². The molecule has 0 radical (unpaired) electrons. The monoisotopic (exact) mass is 307 g/mol. The van der Waals surface area contributed by atoms with Crippen molar-refractivity contribution >= 4 is 5.91 Å². The van der Waals surface area contributed by atoms with Gasteiger partial charge >= 0.3 is 0 Å². The van der Waals surface area contributed by atoms with Gasteiger partial charge in [0.25, 0.3) is 5.91 Å². The second kappa shape index (κ2) is 7.04. The lowest BCUT2D eigenvalue weighted by Crippen LogP contribution is -2.35. The number of carbonyl (C=O) groups is 1. The van der Waals surface area contributed by atoms with Crippen molar-refractivity contribution in [3.8, 4) is 5.75 Å². The summed E-state index contributed by atoms with van der Waals surface area (Å²) in [5.74, 6) is -0.205. The Kier molecular flexibility index (Phi) is 5.11. The zero-order valence-corrected chi connectivity index (χ0v) is 12.4. The number of H-pyrrole nitrogens is 1.